The van der Waals surface area contributed by atoms with Crippen LogP contribution in [0.2, 0.25) is 0 Å². The van der Waals surface area contributed by atoms with E-state index < -0.39 is 0 Å². The van der Waals surface area contributed by atoms with Crippen LogP contribution < -0.4 is 5.32 Å². The molecular formula is C22H19N3O2. The van der Waals surface area contributed by atoms with Gasteiger partial charge in [0.1, 0.15) is 5.56 Å². The van der Waals surface area contributed by atoms with Gasteiger partial charge in [-0.1, -0.05) is 47.6 Å². The molecular weight excluding hydrogens is 338 g/mol. The molecule has 2 heterocycles. The number of fused-ring (bicyclic) bond motifs is 1. The van der Waals surface area contributed by atoms with Gasteiger partial charge >= 0.3 is 0 Å². The molecule has 1 atom stereocenters. The van der Waals surface area contributed by atoms with E-state index in [0.717, 1.165) is 21.9 Å². The maximum absolute atomic E-state index is 13.0. The summed E-state index contributed by atoms with van der Waals surface area (Å²) in [5.41, 5.74) is 2.78. The summed E-state index contributed by atoms with van der Waals surface area (Å²) in [6.45, 7) is 3.74. The van der Waals surface area contributed by atoms with Crippen molar-refractivity contribution in [2.24, 2.45) is 0 Å². The van der Waals surface area contributed by atoms with E-state index in [2.05, 4.69) is 33.7 Å². The first kappa shape index (κ1) is 17.0. The zero-order valence-electron chi connectivity index (χ0n) is 15.1. The van der Waals surface area contributed by atoms with Crippen molar-refractivity contribution in [3.05, 3.63) is 83.8 Å². The summed E-state index contributed by atoms with van der Waals surface area (Å²) in [6, 6.07) is 17.7. The Balaban J connectivity index is 1.66. The molecule has 2 aromatic carbocycles. The van der Waals surface area contributed by atoms with E-state index in [1.165, 1.54) is 0 Å². The van der Waals surface area contributed by atoms with E-state index in [0.29, 0.717) is 17.0 Å². The summed E-state index contributed by atoms with van der Waals surface area (Å²) in [5, 5.41) is 9.34. The Morgan fingerprint density at radius 2 is 1.89 bits per heavy atom. The van der Waals surface area contributed by atoms with Crippen molar-refractivity contribution in [1.29, 1.82) is 0 Å². The summed E-state index contributed by atoms with van der Waals surface area (Å²) in [7, 11) is 0. The second-order valence-corrected chi connectivity index (χ2v) is 6.48. The SMILES string of the molecule is Cc1noc(-c2cccnc2)c1C(=O)N[C@H](C)c1cccc2ccccc12. The molecule has 4 rings (SSSR count). The van der Waals surface area contributed by atoms with Crippen LogP contribution in [-0.4, -0.2) is 16.0 Å². The molecule has 0 saturated carbocycles. The first-order valence-electron chi connectivity index (χ1n) is 8.80. The number of aryl methyl sites for hydroxylation is 1. The normalized spacial score (nSPS) is 12.1. The highest BCUT2D eigenvalue weighted by molar-refractivity contribution is 6.01. The van der Waals surface area contributed by atoms with Crippen molar-refractivity contribution in [2.45, 2.75) is 19.9 Å². The van der Waals surface area contributed by atoms with Crippen LogP contribution in [0.5, 0.6) is 0 Å². The molecule has 0 aliphatic carbocycles. The highest BCUT2D eigenvalue weighted by Gasteiger charge is 2.23. The number of hydrogen-bond donors (Lipinski definition) is 1. The summed E-state index contributed by atoms with van der Waals surface area (Å²) in [6.07, 6.45) is 3.33. The van der Waals surface area contributed by atoms with Crippen LogP contribution >= 0.6 is 0 Å². The predicted octanol–water partition coefficient (Wildman–Crippen LogP) is 4.69. The number of amides is 1. The van der Waals surface area contributed by atoms with E-state index >= 15 is 0 Å². The second-order valence-electron chi connectivity index (χ2n) is 6.48. The molecule has 0 fully saturated rings. The van der Waals surface area contributed by atoms with Crippen LogP contribution in [0.25, 0.3) is 22.1 Å². The Labute approximate surface area is 157 Å². The fourth-order valence-corrected chi connectivity index (χ4v) is 3.31. The fraction of sp³-hybridized carbons (Fsp3) is 0.136. The number of pyridine rings is 1. The molecule has 27 heavy (non-hydrogen) atoms. The van der Waals surface area contributed by atoms with Gasteiger partial charge in [0.15, 0.2) is 5.76 Å². The summed E-state index contributed by atoms with van der Waals surface area (Å²) in [4.78, 5) is 17.1. The number of nitrogens with one attached hydrogen (secondary N) is 1. The first-order valence-corrected chi connectivity index (χ1v) is 8.80. The van der Waals surface area contributed by atoms with E-state index in [1.54, 1.807) is 25.4 Å². The van der Waals surface area contributed by atoms with Crippen LogP contribution in [0.3, 0.4) is 0 Å². The monoisotopic (exact) mass is 357 g/mol. The Morgan fingerprint density at radius 3 is 2.70 bits per heavy atom. The van der Waals surface area contributed by atoms with Gasteiger partial charge in [0.2, 0.25) is 0 Å². The van der Waals surface area contributed by atoms with E-state index in [-0.39, 0.29) is 11.9 Å². The lowest BCUT2D eigenvalue weighted by molar-refractivity contribution is 0.0940. The number of rotatable bonds is 4. The van der Waals surface area contributed by atoms with Gasteiger partial charge in [0, 0.05) is 18.0 Å². The molecule has 0 radical (unpaired) electrons. The topological polar surface area (TPSA) is 68.0 Å². The van der Waals surface area contributed by atoms with Crippen molar-refractivity contribution in [1.82, 2.24) is 15.5 Å². The number of carbonyl (C=O) groups excluding carboxylic acids is 1. The Hall–Kier alpha value is -3.47. The maximum Gasteiger partial charge on any atom is 0.257 e. The molecule has 0 unspecified atom stereocenters. The molecule has 5 heteroatoms. The molecule has 1 amide bonds. The standard InChI is InChI=1S/C22H19N3O2/c1-14(18-11-5-8-16-7-3-4-10-19(16)18)24-22(26)20-15(2)25-27-21(20)17-9-6-12-23-13-17/h3-14H,1-2H3,(H,24,26)/t14-/m1/s1. The second kappa shape index (κ2) is 7.03. The van der Waals surface area contributed by atoms with Crippen LogP contribution in [0, 0.1) is 6.92 Å². The molecule has 0 aliphatic rings. The van der Waals surface area contributed by atoms with Gasteiger partial charge in [-0.15, -0.1) is 0 Å². The number of aromatic nitrogens is 2. The number of nitrogens with zero attached hydrogens (tertiary/aromatic N) is 2. The van der Waals surface area contributed by atoms with Gasteiger partial charge < -0.3 is 9.84 Å². The Bertz CT molecular complexity index is 1100. The van der Waals surface area contributed by atoms with Gasteiger partial charge in [-0.25, -0.2) is 0 Å². The van der Waals surface area contributed by atoms with Gasteiger partial charge in [0.05, 0.1) is 11.7 Å². The average Bonchev–Trinajstić information content (AvgIpc) is 3.09. The lowest BCUT2D eigenvalue weighted by Gasteiger charge is -2.16. The van der Waals surface area contributed by atoms with Crippen LogP contribution in [0.4, 0.5) is 0 Å². The molecule has 0 bridgehead atoms. The minimum atomic E-state index is -0.215. The Kier molecular flexibility index (Phi) is 4.42. The van der Waals surface area contributed by atoms with Crippen molar-refractivity contribution < 1.29 is 9.32 Å². The average molecular weight is 357 g/mol. The van der Waals surface area contributed by atoms with Crippen molar-refractivity contribution in [3.8, 4) is 11.3 Å². The molecule has 1 N–H and O–H groups in total. The van der Waals surface area contributed by atoms with Gasteiger partial charge in [-0.05, 0) is 42.3 Å². The van der Waals surface area contributed by atoms with Crippen molar-refractivity contribution >= 4 is 16.7 Å². The third kappa shape index (κ3) is 3.19. The number of benzene rings is 2. The van der Waals surface area contributed by atoms with Crippen LogP contribution in [0.1, 0.15) is 34.6 Å². The minimum Gasteiger partial charge on any atom is -0.355 e. The predicted molar refractivity (Wildman–Crippen MR) is 104 cm³/mol. The summed E-state index contributed by atoms with van der Waals surface area (Å²) in [5.74, 6) is 0.219. The lowest BCUT2D eigenvalue weighted by atomic mass is 9.99. The molecule has 4 aromatic rings. The molecule has 5 nitrogen and oxygen atoms in total. The highest BCUT2D eigenvalue weighted by Crippen LogP contribution is 2.28. The smallest absolute Gasteiger partial charge is 0.257 e. The maximum atomic E-state index is 13.0. The fourth-order valence-electron chi connectivity index (χ4n) is 3.31. The minimum absolute atomic E-state index is 0.167. The van der Waals surface area contributed by atoms with Gasteiger partial charge in [-0.2, -0.15) is 0 Å². The molecule has 2 aromatic heterocycles. The van der Waals surface area contributed by atoms with Crippen molar-refractivity contribution in [3.63, 3.8) is 0 Å². The highest BCUT2D eigenvalue weighted by atomic mass is 16.5. The zero-order valence-corrected chi connectivity index (χ0v) is 15.1. The van der Waals surface area contributed by atoms with Crippen LogP contribution in [0.15, 0.2) is 71.5 Å². The largest absolute Gasteiger partial charge is 0.355 e. The molecule has 0 aliphatic heterocycles. The third-order valence-electron chi connectivity index (χ3n) is 4.65. The molecule has 0 spiro atoms. The summed E-state index contributed by atoms with van der Waals surface area (Å²) < 4.78 is 5.41. The van der Waals surface area contributed by atoms with E-state index in [1.807, 2.05) is 37.3 Å². The molecule has 0 saturated heterocycles. The lowest BCUT2D eigenvalue weighted by Crippen LogP contribution is -2.27. The van der Waals surface area contributed by atoms with Crippen LogP contribution in [-0.2, 0) is 0 Å². The number of hydrogen-bond acceptors (Lipinski definition) is 4. The quantitative estimate of drug-likeness (QED) is 0.575. The Morgan fingerprint density at radius 1 is 1.07 bits per heavy atom. The number of carbonyl (C=O) groups is 1. The first-order chi connectivity index (χ1) is 13.1. The zero-order chi connectivity index (χ0) is 18.8. The third-order valence-corrected chi connectivity index (χ3v) is 4.65. The van der Waals surface area contributed by atoms with Crippen molar-refractivity contribution in [2.75, 3.05) is 0 Å². The van der Waals surface area contributed by atoms with Gasteiger partial charge in [-0.3, -0.25) is 9.78 Å². The summed E-state index contributed by atoms with van der Waals surface area (Å²) >= 11 is 0. The molecule has 134 valence electrons. The van der Waals surface area contributed by atoms with E-state index in [4.69, 9.17) is 4.52 Å². The van der Waals surface area contributed by atoms with Gasteiger partial charge in [0.25, 0.3) is 5.91 Å². The van der Waals surface area contributed by atoms with E-state index in [9.17, 15) is 4.79 Å².